The van der Waals surface area contributed by atoms with Crippen molar-refractivity contribution in [3.05, 3.63) is 77.9 Å². The van der Waals surface area contributed by atoms with Crippen molar-refractivity contribution in [1.29, 1.82) is 0 Å². The molecule has 0 aromatic heterocycles. The van der Waals surface area contributed by atoms with E-state index in [0.29, 0.717) is 12.1 Å². The number of hydrogen-bond acceptors (Lipinski definition) is 3. The van der Waals surface area contributed by atoms with Gasteiger partial charge in [0.15, 0.2) is 5.78 Å². The topological polar surface area (TPSA) is 49.3 Å². The van der Waals surface area contributed by atoms with Crippen molar-refractivity contribution in [2.24, 2.45) is 0 Å². The standard InChI is InChI=1S/C20H19NO2.ClH/c22-18-10-8-17(9-11-18)20(23)14-21-13-12-16-6-3-5-15-4-1-2-7-19(15)16;/h1-11,21-22H,12-14H2;1H. The summed E-state index contributed by atoms with van der Waals surface area (Å²) in [6, 6.07) is 21.0. The molecule has 0 saturated heterocycles. The predicted octanol–water partition coefficient (Wildman–Crippen LogP) is 3.98. The molecule has 3 nitrogen and oxygen atoms in total. The molecule has 0 saturated carbocycles. The Hall–Kier alpha value is -2.36. The summed E-state index contributed by atoms with van der Waals surface area (Å²) in [6.45, 7) is 1.05. The smallest absolute Gasteiger partial charge is 0.176 e. The first-order valence-corrected chi connectivity index (χ1v) is 7.73. The number of Topliss-reactive ketones (excluding diaryl/α,β-unsaturated/α-hetero) is 1. The first-order chi connectivity index (χ1) is 11.2. The van der Waals surface area contributed by atoms with Gasteiger partial charge in [-0.3, -0.25) is 4.79 Å². The van der Waals surface area contributed by atoms with Gasteiger partial charge in [-0.05, 0) is 53.6 Å². The number of nitrogens with one attached hydrogen (secondary N) is 1. The van der Waals surface area contributed by atoms with Crippen LogP contribution >= 0.6 is 12.4 Å². The summed E-state index contributed by atoms with van der Waals surface area (Å²) in [6.07, 6.45) is 0.879. The normalized spacial score (nSPS) is 10.3. The fourth-order valence-electron chi connectivity index (χ4n) is 2.68. The van der Waals surface area contributed by atoms with E-state index < -0.39 is 0 Å². The van der Waals surface area contributed by atoms with E-state index in [0.717, 1.165) is 13.0 Å². The molecule has 0 unspecified atom stereocenters. The molecule has 0 aliphatic heterocycles. The highest BCUT2D eigenvalue weighted by Crippen LogP contribution is 2.18. The second-order valence-corrected chi connectivity index (χ2v) is 5.54. The number of aromatic hydroxyl groups is 1. The quantitative estimate of drug-likeness (QED) is 0.526. The molecular formula is C20H20ClNO2. The van der Waals surface area contributed by atoms with Gasteiger partial charge in [-0.15, -0.1) is 12.4 Å². The minimum Gasteiger partial charge on any atom is -0.508 e. The number of ketones is 1. The molecule has 3 aromatic rings. The number of phenolic OH excluding ortho intramolecular Hbond substituents is 1. The highest BCUT2D eigenvalue weighted by atomic mass is 35.5. The Balaban J connectivity index is 0.00000208. The van der Waals surface area contributed by atoms with Gasteiger partial charge < -0.3 is 10.4 Å². The number of rotatable bonds is 6. The van der Waals surface area contributed by atoms with E-state index in [2.05, 4.69) is 35.6 Å². The molecule has 124 valence electrons. The van der Waals surface area contributed by atoms with Crippen LogP contribution in [-0.2, 0) is 6.42 Å². The Morgan fingerprint density at radius 2 is 1.62 bits per heavy atom. The lowest BCUT2D eigenvalue weighted by atomic mass is 10.0. The molecule has 24 heavy (non-hydrogen) atoms. The second-order valence-electron chi connectivity index (χ2n) is 5.54. The minimum atomic E-state index is 0. The first-order valence-electron chi connectivity index (χ1n) is 7.73. The molecule has 0 heterocycles. The fraction of sp³-hybridized carbons (Fsp3) is 0.150. The van der Waals surface area contributed by atoms with Crippen molar-refractivity contribution in [2.75, 3.05) is 13.1 Å². The van der Waals surface area contributed by atoms with E-state index >= 15 is 0 Å². The van der Waals surface area contributed by atoms with Crippen molar-refractivity contribution in [3.8, 4) is 5.75 Å². The van der Waals surface area contributed by atoms with Crippen LogP contribution in [0, 0.1) is 0 Å². The monoisotopic (exact) mass is 341 g/mol. The van der Waals surface area contributed by atoms with Crippen molar-refractivity contribution < 1.29 is 9.90 Å². The van der Waals surface area contributed by atoms with Crippen LogP contribution in [-0.4, -0.2) is 24.0 Å². The Morgan fingerprint density at radius 1 is 0.917 bits per heavy atom. The zero-order valence-electron chi connectivity index (χ0n) is 13.2. The highest BCUT2D eigenvalue weighted by molar-refractivity contribution is 5.97. The van der Waals surface area contributed by atoms with E-state index in [1.807, 2.05) is 12.1 Å². The summed E-state index contributed by atoms with van der Waals surface area (Å²) in [4.78, 5) is 12.0. The Kier molecular flexibility index (Phi) is 6.36. The van der Waals surface area contributed by atoms with Crippen molar-refractivity contribution in [1.82, 2.24) is 5.32 Å². The van der Waals surface area contributed by atoms with Gasteiger partial charge in [0.2, 0.25) is 0 Å². The molecule has 2 N–H and O–H groups in total. The maximum atomic E-state index is 12.0. The maximum Gasteiger partial charge on any atom is 0.176 e. The molecule has 0 atom stereocenters. The second kappa shape index (κ2) is 8.48. The van der Waals surface area contributed by atoms with Crippen molar-refractivity contribution in [3.63, 3.8) is 0 Å². The molecule has 3 aromatic carbocycles. The minimum absolute atomic E-state index is 0. The van der Waals surface area contributed by atoms with Crippen molar-refractivity contribution >= 4 is 29.0 Å². The van der Waals surface area contributed by atoms with E-state index in [9.17, 15) is 9.90 Å². The van der Waals surface area contributed by atoms with Gasteiger partial charge >= 0.3 is 0 Å². The van der Waals surface area contributed by atoms with Crippen LogP contribution in [0.1, 0.15) is 15.9 Å². The average molecular weight is 342 g/mol. The third-order valence-corrected chi connectivity index (χ3v) is 3.93. The number of hydrogen-bond donors (Lipinski definition) is 2. The Morgan fingerprint density at radius 3 is 2.42 bits per heavy atom. The van der Waals surface area contributed by atoms with Gasteiger partial charge in [-0.25, -0.2) is 0 Å². The molecular weight excluding hydrogens is 322 g/mol. The molecule has 0 spiro atoms. The third-order valence-electron chi connectivity index (χ3n) is 3.93. The zero-order valence-corrected chi connectivity index (χ0v) is 14.1. The molecule has 0 bridgehead atoms. The molecule has 3 rings (SSSR count). The van der Waals surface area contributed by atoms with Gasteiger partial charge in [0.1, 0.15) is 5.75 Å². The Labute approximate surface area is 147 Å². The van der Waals surface area contributed by atoms with Crippen LogP contribution < -0.4 is 5.32 Å². The fourth-order valence-corrected chi connectivity index (χ4v) is 2.68. The molecule has 0 aliphatic rings. The molecule has 4 heteroatoms. The van der Waals surface area contributed by atoms with Crippen LogP contribution in [0.2, 0.25) is 0 Å². The predicted molar refractivity (Wildman–Crippen MR) is 100 cm³/mol. The molecule has 0 amide bonds. The zero-order chi connectivity index (χ0) is 16.1. The number of phenols is 1. The maximum absolute atomic E-state index is 12.0. The lowest BCUT2D eigenvalue weighted by molar-refractivity contribution is 0.0991. The van der Waals surface area contributed by atoms with Crippen LogP contribution in [0.4, 0.5) is 0 Å². The number of carbonyl (C=O) groups is 1. The van der Waals surface area contributed by atoms with Crippen molar-refractivity contribution in [2.45, 2.75) is 6.42 Å². The summed E-state index contributed by atoms with van der Waals surface area (Å²) in [5, 5.41) is 14.9. The summed E-state index contributed by atoms with van der Waals surface area (Å²) >= 11 is 0. The lowest BCUT2D eigenvalue weighted by Crippen LogP contribution is -2.25. The highest BCUT2D eigenvalue weighted by Gasteiger charge is 2.05. The van der Waals surface area contributed by atoms with Gasteiger partial charge in [-0.1, -0.05) is 42.5 Å². The van der Waals surface area contributed by atoms with Crippen LogP contribution in [0.15, 0.2) is 66.7 Å². The number of carbonyl (C=O) groups excluding carboxylic acids is 1. The number of fused-ring (bicyclic) bond motifs is 1. The molecule has 0 fully saturated rings. The Bertz CT molecular complexity index is 810. The van der Waals surface area contributed by atoms with Gasteiger partial charge in [-0.2, -0.15) is 0 Å². The summed E-state index contributed by atoms with van der Waals surface area (Å²) < 4.78 is 0. The summed E-state index contributed by atoms with van der Waals surface area (Å²) in [5.74, 6) is 0.202. The summed E-state index contributed by atoms with van der Waals surface area (Å²) in [5.41, 5.74) is 1.90. The lowest BCUT2D eigenvalue weighted by Gasteiger charge is -2.08. The first kappa shape index (κ1) is 18.0. The van der Waals surface area contributed by atoms with Gasteiger partial charge in [0.05, 0.1) is 6.54 Å². The van der Waals surface area contributed by atoms with E-state index in [4.69, 9.17) is 0 Å². The molecule has 0 aliphatic carbocycles. The van der Waals surface area contributed by atoms with Crippen LogP contribution in [0.25, 0.3) is 10.8 Å². The molecule has 0 radical (unpaired) electrons. The third kappa shape index (κ3) is 4.34. The average Bonchev–Trinajstić information content (AvgIpc) is 2.59. The number of benzene rings is 3. The van der Waals surface area contributed by atoms with E-state index in [1.165, 1.54) is 28.5 Å². The summed E-state index contributed by atoms with van der Waals surface area (Å²) in [7, 11) is 0. The number of halogens is 1. The van der Waals surface area contributed by atoms with E-state index in [-0.39, 0.29) is 23.9 Å². The SMILES string of the molecule is Cl.O=C(CNCCc1cccc2ccccc12)c1ccc(O)cc1. The van der Waals surface area contributed by atoms with Gasteiger partial charge in [0, 0.05) is 5.56 Å². The van der Waals surface area contributed by atoms with Crippen LogP contribution in [0.5, 0.6) is 5.75 Å². The van der Waals surface area contributed by atoms with Crippen LogP contribution in [0.3, 0.4) is 0 Å². The largest absolute Gasteiger partial charge is 0.508 e. The van der Waals surface area contributed by atoms with E-state index in [1.54, 1.807) is 12.1 Å². The van der Waals surface area contributed by atoms with Gasteiger partial charge in [0.25, 0.3) is 0 Å².